The topological polar surface area (TPSA) is 57.6 Å². The van der Waals surface area contributed by atoms with Gasteiger partial charge < -0.3 is 10.0 Å². The lowest BCUT2D eigenvalue weighted by molar-refractivity contribution is -0.152. The maximum atomic E-state index is 13.0. The van der Waals surface area contributed by atoms with Crippen LogP contribution in [-0.2, 0) is 9.59 Å². The van der Waals surface area contributed by atoms with Gasteiger partial charge in [-0.2, -0.15) is 0 Å². The number of nitrogens with zero attached hydrogens (tertiary/aromatic N) is 1. The number of hydrogen-bond donors (Lipinski definition) is 1. The molecule has 1 aromatic rings. The van der Waals surface area contributed by atoms with E-state index in [0.717, 1.165) is 5.56 Å². The van der Waals surface area contributed by atoms with Gasteiger partial charge in [0.15, 0.2) is 0 Å². The van der Waals surface area contributed by atoms with Crippen LogP contribution in [0.3, 0.4) is 0 Å². The molecule has 0 heterocycles. The van der Waals surface area contributed by atoms with E-state index in [9.17, 15) is 14.0 Å². The lowest BCUT2D eigenvalue weighted by Crippen LogP contribution is -2.38. The molecular weight excluding hydrogens is 273 g/mol. The van der Waals surface area contributed by atoms with E-state index < -0.39 is 11.4 Å². The third-order valence-electron chi connectivity index (χ3n) is 3.65. The second-order valence-electron chi connectivity index (χ2n) is 5.77. The van der Waals surface area contributed by atoms with E-state index >= 15 is 0 Å². The highest BCUT2D eigenvalue weighted by Gasteiger charge is 2.33. The molecule has 1 rings (SSSR count). The summed E-state index contributed by atoms with van der Waals surface area (Å²) >= 11 is 0. The van der Waals surface area contributed by atoms with Crippen LogP contribution in [0.25, 0.3) is 0 Å². The van der Waals surface area contributed by atoms with Gasteiger partial charge >= 0.3 is 5.97 Å². The van der Waals surface area contributed by atoms with E-state index in [1.165, 1.54) is 26.0 Å². The summed E-state index contributed by atoms with van der Waals surface area (Å²) in [5, 5.41) is 9.12. The normalized spacial score (nSPS) is 12.8. The minimum atomic E-state index is -1.10. The number of halogens is 1. The van der Waals surface area contributed by atoms with Crippen molar-refractivity contribution in [1.82, 2.24) is 4.90 Å². The molecule has 1 unspecified atom stereocenters. The summed E-state index contributed by atoms with van der Waals surface area (Å²) in [6.45, 7) is 7.22. The Morgan fingerprint density at radius 3 is 2.24 bits per heavy atom. The Bertz CT molecular complexity index is 511. The summed E-state index contributed by atoms with van der Waals surface area (Å²) in [5.41, 5.74) is -0.285. The van der Waals surface area contributed by atoms with Gasteiger partial charge in [-0.25, -0.2) is 4.39 Å². The summed E-state index contributed by atoms with van der Waals surface area (Å²) in [6, 6.07) is 5.75. The van der Waals surface area contributed by atoms with Crippen LogP contribution in [0.2, 0.25) is 0 Å². The molecule has 0 saturated carbocycles. The van der Waals surface area contributed by atoms with E-state index in [2.05, 4.69) is 0 Å². The smallest absolute Gasteiger partial charge is 0.309 e. The summed E-state index contributed by atoms with van der Waals surface area (Å²) < 4.78 is 13.0. The zero-order valence-corrected chi connectivity index (χ0v) is 12.9. The van der Waals surface area contributed by atoms with Crippen LogP contribution in [0.1, 0.15) is 45.7 Å². The van der Waals surface area contributed by atoms with Gasteiger partial charge in [-0.1, -0.05) is 12.1 Å². The molecule has 0 aliphatic heterocycles. The second kappa shape index (κ2) is 6.70. The van der Waals surface area contributed by atoms with Crippen molar-refractivity contribution in [3.63, 3.8) is 0 Å². The van der Waals surface area contributed by atoms with Gasteiger partial charge in [-0.05, 0) is 45.4 Å². The molecule has 5 heteroatoms. The number of benzene rings is 1. The first kappa shape index (κ1) is 17.1. The van der Waals surface area contributed by atoms with Crippen molar-refractivity contribution in [1.29, 1.82) is 0 Å². The number of carbonyl (C=O) groups is 2. The number of amides is 1. The summed E-state index contributed by atoms with van der Waals surface area (Å²) in [6.07, 6.45) is -0.0677. The summed E-state index contributed by atoms with van der Waals surface area (Å²) in [5.74, 6) is -1.55. The Hall–Kier alpha value is -1.91. The van der Waals surface area contributed by atoms with E-state index in [0.29, 0.717) is 6.54 Å². The van der Waals surface area contributed by atoms with Crippen molar-refractivity contribution < 1.29 is 19.1 Å². The Kier molecular flexibility index (Phi) is 5.47. The molecule has 4 nitrogen and oxygen atoms in total. The third-order valence-corrected chi connectivity index (χ3v) is 3.65. The van der Waals surface area contributed by atoms with Crippen LogP contribution in [0.15, 0.2) is 24.3 Å². The molecule has 116 valence electrons. The zero-order chi connectivity index (χ0) is 16.2. The largest absolute Gasteiger partial charge is 0.481 e. The van der Waals surface area contributed by atoms with Crippen LogP contribution in [0, 0.1) is 11.2 Å². The summed E-state index contributed by atoms with van der Waals surface area (Å²) in [7, 11) is 0. The molecule has 0 aliphatic rings. The highest BCUT2D eigenvalue weighted by Crippen LogP contribution is 2.26. The number of carbonyl (C=O) groups excluding carboxylic acids is 1. The quantitative estimate of drug-likeness (QED) is 0.876. The van der Waals surface area contributed by atoms with Crippen LogP contribution < -0.4 is 0 Å². The van der Waals surface area contributed by atoms with Gasteiger partial charge in [-0.3, -0.25) is 9.59 Å². The number of aliphatic carboxylic acids is 1. The molecule has 0 fully saturated rings. The Morgan fingerprint density at radius 1 is 1.29 bits per heavy atom. The van der Waals surface area contributed by atoms with Crippen molar-refractivity contribution in [2.45, 2.75) is 40.2 Å². The molecule has 0 bridgehead atoms. The summed E-state index contributed by atoms with van der Waals surface area (Å²) in [4.78, 5) is 25.1. The Balaban J connectivity index is 2.89. The highest BCUT2D eigenvalue weighted by atomic mass is 19.1. The first-order chi connectivity index (χ1) is 9.69. The van der Waals surface area contributed by atoms with Gasteiger partial charge in [0.2, 0.25) is 5.91 Å². The van der Waals surface area contributed by atoms with E-state index in [1.807, 2.05) is 13.8 Å². The van der Waals surface area contributed by atoms with Crippen molar-refractivity contribution in [3.8, 4) is 0 Å². The molecule has 1 aromatic carbocycles. The van der Waals surface area contributed by atoms with Crippen molar-refractivity contribution in [3.05, 3.63) is 35.6 Å². The molecule has 0 spiro atoms. The molecule has 1 atom stereocenters. The molecule has 1 N–H and O–H groups in total. The minimum absolute atomic E-state index is 0.0677. The van der Waals surface area contributed by atoms with Gasteiger partial charge in [0.1, 0.15) is 5.82 Å². The van der Waals surface area contributed by atoms with Crippen LogP contribution in [-0.4, -0.2) is 28.4 Å². The standard InChI is InChI=1S/C16H22FNO3/c1-5-18(14(19)10-16(3,4)15(20)21)11(2)12-6-8-13(17)9-7-12/h6-9,11H,5,10H2,1-4H3,(H,20,21). The molecule has 0 aliphatic carbocycles. The predicted octanol–water partition coefficient (Wildman–Crippen LogP) is 3.24. The van der Waals surface area contributed by atoms with Crippen molar-refractivity contribution in [2.24, 2.45) is 5.41 Å². The molecule has 0 saturated heterocycles. The molecule has 1 amide bonds. The fourth-order valence-electron chi connectivity index (χ4n) is 2.14. The van der Waals surface area contributed by atoms with Gasteiger partial charge in [0, 0.05) is 13.0 Å². The predicted molar refractivity (Wildman–Crippen MR) is 78.2 cm³/mol. The monoisotopic (exact) mass is 295 g/mol. The van der Waals surface area contributed by atoms with Crippen molar-refractivity contribution >= 4 is 11.9 Å². The van der Waals surface area contributed by atoms with Crippen LogP contribution in [0.4, 0.5) is 4.39 Å². The van der Waals surface area contributed by atoms with E-state index in [1.54, 1.807) is 17.0 Å². The maximum absolute atomic E-state index is 13.0. The minimum Gasteiger partial charge on any atom is -0.481 e. The fraction of sp³-hybridized carbons (Fsp3) is 0.500. The number of carboxylic acid groups (broad SMARTS) is 1. The Labute approximate surface area is 124 Å². The Morgan fingerprint density at radius 2 is 1.81 bits per heavy atom. The SMILES string of the molecule is CCN(C(=O)CC(C)(C)C(=O)O)C(C)c1ccc(F)cc1. The fourth-order valence-corrected chi connectivity index (χ4v) is 2.14. The van der Waals surface area contributed by atoms with Crippen LogP contribution in [0.5, 0.6) is 0 Å². The lowest BCUT2D eigenvalue weighted by Gasteiger charge is -2.31. The van der Waals surface area contributed by atoms with E-state index in [-0.39, 0.29) is 24.2 Å². The first-order valence-electron chi connectivity index (χ1n) is 6.97. The van der Waals surface area contributed by atoms with Gasteiger partial charge in [0.25, 0.3) is 0 Å². The molecule has 0 aromatic heterocycles. The molecule has 0 radical (unpaired) electrons. The number of carboxylic acids is 1. The number of rotatable bonds is 6. The van der Waals surface area contributed by atoms with Gasteiger partial charge in [0.05, 0.1) is 11.5 Å². The number of hydrogen-bond acceptors (Lipinski definition) is 2. The second-order valence-corrected chi connectivity index (χ2v) is 5.77. The third kappa shape index (κ3) is 4.28. The maximum Gasteiger partial charge on any atom is 0.309 e. The van der Waals surface area contributed by atoms with Crippen molar-refractivity contribution in [2.75, 3.05) is 6.54 Å². The average Bonchev–Trinajstić information content (AvgIpc) is 2.39. The first-order valence-corrected chi connectivity index (χ1v) is 6.97. The molecule has 21 heavy (non-hydrogen) atoms. The van der Waals surface area contributed by atoms with Gasteiger partial charge in [-0.15, -0.1) is 0 Å². The average molecular weight is 295 g/mol. The lowest BCUT2D eigenvalue weighted by atomic mass is 9.88. The zero-order valence-electron chi connectivity index (χ0n) is 12.9. The van der Waals surface area contributed by atoms with Crippen LogP contribution >= 0.6 is 0 Å². The van der Waals surface area contributed by atoms with E-state index in [4.69, 9.17) is 5.11 Å². The highest BCUT2D eigenvalue weighted by molar-refractivity contribution is 5.84. The molecular formula is C16H22FNO3.